The van der Waals surface area contributed by atoms with Gasteiger partial charge in [0.2, 0.25) is 15.9 Å². The molecule has 2 aromatic carbocycles. The lowest BCUT2D eigenvalue weighted by Gasteiger charge is -2.25. The Labute approximate surface area is 161 Å². The number of carbonyl (C=O) groups excluding carboxylic acids is 1. The highest BCUT2D eigenvalue weighted by Gasteiger charge is 2.24. The van der Waals surface area contributed by atoms with Crippen LogP contribution in [0.5, 0.6) is 5.75 Å². The quantitative estimate of drug-likeness (QED) is 0.660. The fraction of sp³-hybridized carbons (Fsp3) is 0.350. The molecule has 27 heavy (non-hydrogen) atoms. The highest BCUT2D eigenvalue weighted by atomic mass is 32.2. The van der Waals surface area contributed by atoms with E-state index < -0.39 is 10.0 Å². The lowest BCUT2D eigenvalue weighted by atomic mass is 10.1. The van der Waals surface area contributed by atoms with Gasteiger partial charge in [-0.3, -0.25) is 4.79 Å². The van der Waals surface area contributed by atoms with Crippen molar-refractivity contribution in [2.24, 2.45) is 0 Å². The van der Waals surface area contributed by atoms with Gasteiger partial charge in [-0.1, -0.05) is 36.4 Å². The van der Waals surface area contributed by atoms with E-state index in [4.69, 9.17) is 4.74 Å². The van der Waals surface area contributed by atoms with Gasteiger partial charge in [0.15, 0.2) is 0 Å². The van der Waals surface area contributed by atoms with Gasteiger partial charge >= 0.3 is 0 Å². The molecule has 0 atom stereocenters. The number of carbonyl (C=O) groups is 1. The summed E-state index contributed by atoms with van der Waals surface area (Å²) in [6, 6.07) is 16.7. The number of para-hydroxylation sites is 2. The Hall–Kier alpha value is -2.38. The predicted octanol–water partition coefficient (Wildman–Crippen LogP) is 2.55. The van der Waals surface area contributed by atoms with E-state index in [1.54, 1.807) is 12.0 Å². The molecule has 0 aliphatic rings. The molecule has 146 valence electrons. The first-order chi connectivity index (χ1) is 12.9. The van der Waals surface area contributed by atoms with E-state index in [1.807, 2.05) is 61.5 Å². The zero-order chi connectivity index (χ0) is 19.9. The van der Waals surface area contributed by atoms with Crippen LogP contribution < -0.4 is 9.64 Å². The molecule has 0 spiro atoms. The van der Waals surface area contributed by atoms with Crippen molar-refractivity contribution < 1.29 is 17.9 Å². The van der Waals surface area contributed by atoms with Crippen molar-refractivity contribution in [1.29, 1.82) is 0 Å². The maximum atomic E-state index is 12.8. The van der Waals surface area contributed by atoms with Crippen LogP contribution in [-0.2, 0) is 21.2 Å². The van der Waals surface area contributed by atoms with Crippen molar-refractivity contribution in [1.82, 2.24) is 4.31 Å². The van der Waals surface area contributed by atoms with E-state index in [0.717, 1.165) is 17.5 Å². The van der Waals surface area contributed by atoms with Crippen molar-refractivity contribution >= 4 is 21.6 Å². The number of amides is 1. The summed E-state index contributed by atoms with van der Waals surface area (Å²) in [5.74, 6) is 0.450. The second kappa shape index (κ2) is 9.53. The predicted molar refractivity (Wildman–Crippen MR) is 108 cm³/mol. The zero-order valence-corrected chi connectivity index (χ0v) is 16.8. The molecule has 0 radical (unpaired) electrons. The average molecular weight is 391 g/mol. The Morgan fingerprint density at radius 2 is 1.67 bits per heavy atom. The molecule has 0 unspecified atom stereocenters. The number of nitrogens with zero attached hydrogens (tertiary/aromatic N) is 2. The van der Waals surface area contributed by atoms with Gasteiger partial charge in [-0.15, -0.1) is 0 Å². The molecular weight excluding hydrogens is 364 g/mol. The van der Waals surface area contributed by atoms with Crippen LogP contribution in [0.25, 0.3) is 0 Å². The summed E-state index contributed by atoms with van der Waals surface area (Å²) < 4.78 is 31.0. The molecule has 0 bridgehead atoms. The second-order valence-electron chi connectivity index (χ2n) is 6.13. The van der Waals surface area contributed by atoms with E-state index in [2.05, 4.69) is 0 Å². The van der Waals surface area contributed by atoms with E-state index in [1.165, 1.54) is 4.31 Å². The number of likely N-dealkylation sites (N-methyl/N-ethyl adjacent to an activating group) is 1. The lowest BCUT2D eigenvalue weighted by molar-refractivity contribution is -0.118. The van der Waals surface area contributed by atoms with Crippen LogP contribution in [0.4, 0.5) is 5.69 Å². The van der Waals surface area contributed by atoms with Crippen molar-refractivity contribution in [2.75, 3.05) is 37.9 Å². The van der Waals surface area contributed by atoms with E-state index >= 15 is 0 Å². The molecule has 0 aromatic heterocycles. The van der Waals surface area contributed by atoms with Crippen LogP contribution in [-0.4, -0.2) is 51.6 Å². The van der Waals surface area contributed by atoms with Gasteiger partial charge in [0.05, 0.1) is 19.9 Å². The van der Waals surface area contributed by atoms with E-state index in [0.29, 0.717) is 18.7 Å². The fourth-order valence-electron chi connectivity index (χ4n) is 2.86. The molecule has 7 heteroatoms. The minimum atomic E-state index is -3.53. The summed E-state index contributed by atoms with van der Waals surface area (Å²) in [6.07, 6.45) is 1.59. The van der Waals surface area contributed by atoms with Crippen molar-refractivity contribution in [3.63, 3.8) is 0 Å². The molecule has 0 aliphatic carbocycles. The number of sulfonamides is 1. The summed E-state index contributed by atoms with van der Waals surface area (Å²) in [6.45, 7) is 2.34. The number of methoxy groups -OCH3 is 1. The van der Waals surface area contributed by atoms with Crippen molar-refractivity contribution in [3.8, 4) is 5.75 Å². The Balaban J connectivity index is 2.13. The molecule has 0 heterocycles. The van der Waals surface area contributed by atoms with E-state index in [-0.39, 0.29) is 19.0 Å². The Kier molecular flexibility index (Phi) is 7.38. The first-order valence-electron chi connectivity index (χ1n) is 8.79. The van der Waals surface area contributed by atoms with Gasteiger partial charge in [-0.2, -0.15) is 4.31 Å². The smallest absolute Gasteiger partial charge is 0.242 e. The van der Waals surface area contributed by atoms with E-state index in [9.17, 15) is 13.2 Å². The number of ether oxygens (including phenoxy) is 1. The third kappa shape index (κ3) is 5.80. The SMILES string of the molecule is CCN(C(=O)CN(CCc1ccccc1OC)S(C)(=O)=O)c1ccccc1. The maximum Gasteiger partial charge on any atom is 0.242 e. The molecule has 2 aromatic rings. The summed E-state index contributed by atoms with van der Waals surface area (Å²) in [4.78, 5) is 14.3. The molecule has 0 N–H and O–H groups in total. The topological polar surface area (TPSA) is 66.9 Å². The lowest BCUT2D eigenvalue weighted by Crippen LogP contribution is -2.43. The van der Waals surface area contributed by atoms with Crippen LogP contribution in [0.3, 0.4) is 0 Å². The molecular formula is C20H26N2O4S. The Morgan fingerprint density at radius 3 is 2.26 bits per heavy atom. The third-order valence-corrected chi connectivity index (χ3v) is 5.54. The monoisotopic (exact) mass is 390 g/mol. The zero-order valence-electron chi connectivity index (χ0n) is 16.0. The van der Waals surface area contributed by atoms with Gasteiger partial charge in [-0.05, 0) is 37.1 Å². The first-order valence-corrected chi connectivity index (χ1v) is 10.6. The van der Waals surface area contributed by atoms with Gasteiger partial charge < -0.3 is 9.64 Å². The normalized spacial score (nSPS) is 11.4. The Morgan fingerprint density at radius 1 is 1.04 bits per heavy atom. The molecule has 6 nitrogen and oxygen atoms in total. The Bertz CT molecular complexity index is 853. The van der Waals surface area contributed by atoms with Gasteiger partial charge in [-0.25, -0.2) is 8.42 Å². The number of anilines is 1. The minimum Gasteiger partial charge on any atom is -0.496 e. The largest absolute Gasteiger partial charge is 0.496 e. The van der Waals surface area contributed by atoms with Gasteiger partial charge in [0, 0.05) is 18.8 Å². The second-order valence-corrected chi connectivity index (χ2v) is 8.11. The standard InChI is InChI=1S/C20H26N2O4S/c1-4-22(18-11-6-5-7-12-18)20(23)16-21(27(3,24)25)15-14-17-10-8-9-13-19(17)26-2/h5-13H,4,14-16H2,1-3H3. The minimum absolute atomic E-state index is 0.198. The fourth-order valence-corrected chi connectivity index (χ4v) is 3.63. The maximum absolute atomic E-state index is 12.8. The molecule has 0 aliphatic heterocycles. The number of hydrogen-bond donors (Lipinski definition) is 0. The summed E-state index contributed by atoms with van der Waals surface area (Å²) in [5, 5.41) is 0. The number of hydrogen-bond acceptors (Lipinski definition) is 4. The average Bonchev–Trinajstić information content (AvgIpc) is 2.66. The van der Waals surface area contributed by atoms with Crippen molar-refractivity contribution in [3.05, 3.63) is 60.2 Å². The summed E-state index contributed by atoms with van der Waals surface area (Å²) in [5.41, 5.74) is 1.65. The molecule has 0 saturated heterocycles. The summed E-state index contributed by atoms with van der Waals surface area (Å²) in [7, 11) is -1.95. The third-order valence-electron chi connectivity index (χ3n) is 4.29. The summed E-state index contributed by atoms with van der Waals surface area (Å²) >= 11 is 0. The molecule has 0 fully saturated rings. The number of rotatable bonds is 9. The van der Waals surface area contributed by atoms with Gasteiger partial charge in [0.1, 0.15) is 5.75 Å². The van der Waals surface area contributed by atoms with Crippen LogP contribution in [0, 0.1) is 0 Å². The highest BCUT2D eigenvalue weighted by molar-refractivity contribution is 7.88. The molecule has 2 rings (SSSR count). The van der Waals surface area contributed by atoms with Crippen LogP contribution in [0.1, 0.15) is 12.5 Å². The van der Waals surface area contributed by atoms with Crippen LogP contribution >= 0.6 is 0 Å². The first kappa shape index (κ1) is 20.9. The van der Waals surface area contributed by atoms with Gasteiger partial charge in [0.25, 0.3) is 0 Å². The van der Waals surface area contributed by atoms with Crippen LogP contribution in [0.2, 0.25) is 0 Å². The highest BCUT2D eigenvalue weighted by Crippen LogP contribution is 2.19. The molecule has 1 amide bonds. The van der Waals surface area contributed by atoms with Crippen molar-refractivity contribution in [2.45, 2.75) is 13.3 Å². The number of benzene rings is 2. The van der Waals surface area contributed by atoms with Crippen LogP contribution in [0.15, 0.2) is 54.6 Å². The molecule has 0 saturated carbocycles.